The van der Waals surface area contributed by atoms with Crippen molar-refractivity contribution in [2.75, 3.05) is 24.7 Å². The first-order chi connectivity index (χ1) is 9.99. The summed E-state index contributed by atoms with van der Waals surface area (Å²) in [6.45, 7) is 7.79. The number of hydrogen-bond acceptors (Lipinski definition) is 5. The highest BCUT2D eigenvalue weighted by atomic mass is 79.9. The van der Waals surface area contributed by atoms with Crippen molar-refractivity contribution in [2.45, 2.75) is 25.8 Å². The molecule has 0 amide bonds. The van der Waals surface area contributed by atoms with Crippen molar-refractivity contribution in [3.63, 3.8) is 0 Å². The van der Waals surface area contributed by atoms with Crippen LogP contribution in [0.5, 0.6) is 0 Å². The van der Waals surface area contributed by atoms with Crippen LogP contribution in [0.2, 0.25) is 0 Å². The highest BCUT2D eigenvalue weighted by Crippen LogP contribution is 2.32. The number of hydrogen-bond donors (Lipinski definition) is 0. The number of pyridine rings is 1. The zero-order valence-electron chi connectivity index (χ0n) is 11.9. The monoisotopic (exact) mass is 355 g/mol. The molecule has 2 heterocycles. The second kappa shape index (κ2) is 7.00. The van der Waals surface area contributed by atoms with Crippen molar-refractivity contribution in [3.05, 3.63) is 39.0 Å². The Kier molecular flexibility index (Phi) is 5.30. The summed E-state index contributed by atoms with van der Waals surface area (Å²) in [5.74, 6) is -0.128. The Morgan fingerprint density at radius 1 is 1.57 bits per heavy atom. The maximum Gasteiger partial charge on any atom is 0.388 e. The normalized spacial score (nSPS) is 15.7. The van der Waals surface area contributed by atoms with Crippen LogP contribution in [0.15, 0.2) is 28.9 Å². The summed E-state index contributed by atoms with van der Waals surface area (Å²) >= 11 is 3.19. The summed E-state index contributed by atoms with van der Waals surface area (Å²) in [5.41, 5.74) is 1.50. The van der Waals surface area contributed by atoms with Gasteiger partial charge in [0.15, 0.2) is 0 Å². The summed E-state index contributed by atoms with van der Waals surface area (Å²) in [6, 6.07) is 3.68. The number of anilines is 1. The van der Waals surface area contributed by atoms with Crippen LogP contribution in [-0.4, -0.2) is 35.7 Å². The van der Waals surface area contributed by atoms with E-state index in [1.807, 2.05) is 11.8 Å². The van der Waals surface area contributed by atoms with Gasteiger partial charge in [0.2, 0.25) is 4.60 Å². The predicted molar refractivity (Wildman–Crippen MR) is 84.6 cm³/mol. The molecule has 1 aliphatic heterocycles. The molecular weight excluding hydrogens is 338 g/mol. The number of halogens is 1. The molecule has 0 unspecified atom stereocenters. The quantitative estimate of drug-likeness (QED) is 0.350. The van der Waals surface area contributed by atoms with Gasteiger partial charge >= 0.3 is 5.82 Å². The minimum Gasteiger partial charge on any atom is -0.381 e. The Balaban J connectivity index is 2.39. The highest BCUT2D eigenvalue weighted by Gasteiger charge is 2.28. The molecule has 114 valence electrons. The maximum atomic E-state index is 11.3. The Hall–Kier alpha value is -1.47. The number of ether oxygens (including phenoxy) is 1. The first kappa shape index (κ1) is 15.9. The number of aromatic nitrogens is 1. The second-order valence-corrected chi connectivity index (χ2v) is 5.97. The molecule has 7 heteroatoms. The van der Waals surface area contributed by atoms with Gasteiger partial charge in [0.25, 0.3) is 0 Å². The first-order valence-corrected chi connectivity index (χ1v) is 7.58. The molecule has 21 heavy (non-hydrogen) atoms. The Morgan fingerprint density at radius 3 is 2.81 bits per heavy atom. The van der Waals surface area contributed by atoms with Gasteiger partial charge in [-0.15, -0.1) is 0 Å². The topological polar surface area (TPSA) is 68.5 Å². The molecule has 6 nitrogen and oxygen atoms in total. The van der Waals surface area contributed by atoms with E-state index >= 15 is 0 Å². The van der Waals surface area contributed by atoms with Gasteiger partial charge < -0.3 is 19.8 Å². The van der Waals surface area contributed by atoms with Gasteiger partial charge in [-0.05, 0) is 41.8 Å². The van der Waals surface area contributed by atoms with Crippen LogP contribution in [-0.2, 0) is 4.74 Å². The van der Waals surface area contributed by atoms with E-state index in [0.717, 1.165) is 18.4 Å². The molecule has 2 rings (SSSR count). The summed E-state index contributed by atoms with van der Waals surface area (Å²) in [5, 5.41) is 11.3. The van der Waals surface area contributed by atoms with Crippen molar-refractivity contribution in [2.24, 2.45) is 0 Å². The summed E-state index contributed by atoms with van der Waals surface area (Å²) < 4.78 is 5.84. The lowest BCUT2D eigenvalue weighted by atomic mass is 10.1. The largest absolute Gasteiger partial charge is 0.388 e. The molecule has 0 atom stereocenters. The van der Waals surface area contributed by atoms with Crippen LogP contribution < -0.4 is 4.90 Å². The molecule has 0 radical (unpaired) electrons. The van der Waals surface area contributed by atoms with E-state index in [9.17, 15) is 10.1 Å². The van der Waals surface area contributed by atoms with Crippen LogP contribution in [0, 0.1) is 10.1 Å². The third-order valence-corrected chi connectivity index (χ3v) is 3.82. The van der Waals surface area contributed by atoms with Gasteiger partial charge in [0.1, 0.15) is 5.69 Å². The van der Waals surface area contributed by atoms with Gasteiger partial charge in [0.05, 0.1) is 0 Å². The van der Waals surface area contributed by atoms with Crippen molar-refractivity contribution in [1.82, 2.24) is 4.98 Å². The molecular formula is C14H18BrN3O3. The third-order valence-electron chi connectivity index (χ3n) is 3.37. The van der Waals surface area contributed by atoms with E-state index in [-0.39, 0.29) is 11.9 Å². The average Bonchev–Trinajstić information content (AvgIpc) is 2.45. The van der Waals surface area contributed by atoms with Crippen molar-refractivity contribution in [3.8, 4) is 0 Å². The summed E-state index contributed by atoms with van der Waals surface area (Å²) in [7, 11) is 0. The molecule has 1 fully saturated rings. The molecule has 0 N–H and O–H groups in total. The smallest absolute Gasteiger partial charge is 0.381 e. The molecule has 0 aromatic carbocycles. The minimum atomic E-state index is -0.440. The molecule has 1 aliphatic rings. The first-order valence-electron chi connectivity index (χ1n) is 6.78. The van der Waals surface area contributed by atoms with Gasteiger partial charge in [-0.2, -0.15) is 0 Å². The van der Waals surface area contributed by atoms with E-state index < -0.39 is 4.92 Å². The Labute approximate surface area is 132 Å². The Morgan fingerprint density at radius 2 is 2.24 bits per heavy atom. The molecule has 1 saturated heterocycles. The van der Waals surface area contributed by atoms with Crippen LogP contribution in [0.25, 0.3) is 0 Å². The van der Waals surface area contributed by atoms with Crippen LogP contribution in [0.4, 0.5) is 11.5 Å². The van der Waals surface area contributed by atoms with E-state index in [1.54, 1.807) is 12.1 Å². The fraction of sp³-hybridized carbons (Fsp3) is 0.500. The summed E-state index contributed by atoms with van der Waals surface area (Å²) in [4.78, 5) is 16.9. The third kappa shape index (κ3) is 4.01. The average molecular weight is 356 g/mol. The summed E-state index contributed by atoms with van der Waals surface area (Å²) in [6.07, 6.45) is 1.70. The van der Waals surface area contributed by atoms with Crippen molar-refractivity contribution < 1.29 is 9.66 Å². The lowest BCUT2D eigenvalue weighted by Crippen LogP contribution is -2.40. The van der Waals surface area contributed by atoms with E-state index in [0.29, 0.717) is 30.0 Å². The lowest BCUT2D eigenvalue weighted by molar-refractivity contribution is -0.388. The van der Waals surface area contributed by atoms with Crippen molar-refractivity contribution in [1.29, 1.82) is 0 Å². The molecule has 0 bridgehead atoms. The Bertz CT molecular complexity index is 544. The van der Waals surface area contributed by atoms with Gasteiger partial charge in [-0.1, -0.05) is 12.2 Å². The van der Waals surface area contributed by atoms with Crippen LogP contribution >= 0.6 is 15.9 Å². The molecule has 0 spiro atoms. The van der Waals surface area contributed by atoms with Crippen LogP contribution in [0.1, 0.15) is 19.8 Å². The van der Waals surface area contributed by atoms with Gasteiger partial charge in [-0.25, -0.2) is 0 Å². The maximum absolute atomic E-state index is 11.3. The van der Waals surface area contributed by atoms with Crippen LogP contribution in [0.3, 0.4) is 0 Å². The lowest BCUT2D eigenvalue weighted by Gasteiger charge is -2.35. The van der Waals surface area contributed by atoms with Crippen molar-refractivity contribution >= 4 is 27.4 Å². The molecule has 1 aromatic rings. The molecule has 1 aromatic heterocycles. The standard InChI is InChI=1S/C14H18BrN3O3/c1-10(2)9-17(11-5-7-21-8-6-11)12-3-4-13(15)16-14(12)18(19)20/h3-4,11H,1,5-9H2,2H3. The van der Waals surface area contributed by atoms with Gasteiger partial charge in [0, 0.05) is 41.7 Å². The second-order valence-electron chi connectivity index (χ2n) is 5.16. The molecule has 0 saturated carbocycles. The predicted octanol–water partition coefficient (Wildman–Crippen LogP) is 3.31. The zero-order valence-corrected chi connectivity index (χ0v) is 13.5. The fourth-order valence-electron chi connectivity index (χ4n) is 2.48. The highest BCUT2D eigenvalue weighted by molar-refractivity contribution is 9.10. The van der Waals surface area contributed by atoms with E-state index in [2.05, 4.69) is 27.5 Å². The fourth-order valence-corrected chi connectivity index (χ4v) is 2.78. The number of nitrogens with zero attached hydrogens (tertiary/aromatic N) is 3. The van der Waals surface area contributed by atoms with Gasteiger partial charge in [-0.3, -0.25) is 0 Å². The minimum absolute atomic E-state index is 0.128. The number of rotatable bonds is 5. The zero-order chi connectivity index (χ0) is 15.4. The molecule has 0 aliphatic carbocycles. The van der Waals surface area contributed by atoms with E-state index in [4.69, 9.17) is 4.74 Å². The number of nitro groups is 1. The SMILES string of the molecule is C=C(C)CN(c1ccc(Br)nc1[N+](=O)[O-])C1CCOCC1. The van der Waals surface area contributed by atoms with E-state index in [1.165, 1.54) is 0 Å².